The lowest BCUT2D eigenvalue weighted by atomic mass is 9.44. The van der Waals surface area contributed by atoms with Gasteiger partial charge in [-0.05, 0) is 104 Å². The standard InChI is InChI=1S/C31H50O3/c1-8-22(19(2)3)10-9-20(4)25-11-12-26-24-18-29(33)28-17-23(34-21(5)32)13-15-31(28,7)27(24)14-16-30(25,26)6/h9-10,19-20,22-28H,8,11-18H2,1-7H3/b10-9+/t20-,22-,23+,24+,25-,26+,27+,28?,30-,31-/m1/s1. The molecule has 10 atom stereocenters. The summed E-state index contributed by atoms with van der Waals surface area (Å²) in [6.07, 6.45) is 14.9. The fourth-order valence-corrected chi connectivity index (χ4v) is 9.53. The van der Waals surface area contributed by atoms with Gasteiger partial charge in [-0.2, -0.15) is 0 Å². The number of carbonyl (C=O) groups is 2. The van der Waals surface area contributed by atoms with Crippen molar-refractivity contribution >= 4 is 11.8 Å². The van der Waals surface area contributed by atoms with Gasteiger partial charge in [-0.25, -0.2) is 0 Å². The molecule has 4 aliphatic carbocycles. The summed E-state index contributed by atoms with van der Waals surface area (Å²) in [6, 6.07) is 0. The smallest absolute Gasteiger partial charge is 0.302 e. The van der Waals surface area contributed by atoms with Crippen molar-refractivity contribution < 1.29 is 14.3 Å². The maximum atomic E-state index is 13.6. The molecule has 4 rings (SSSR count). The Balaban J connectivity index is 1.51. The Labute approximate surface area is 208 Å². The van der Waals surface area contributed by atoms with Gasteiger partial charge >= 0.3 is 5.97 Å². The lowest BCUT2D eigenvalue weighted by Gasteiger charge is -2.60. The predicted octanol–water partition coefficient (Wildman–Crippen LogP) is 7.63. The molecule has 4 fully saturated rings. The molecule has 0 aromatic carbocycles. The molecule has 4 saturated carbocycles. The van der Waals surface area contributed by atoms with E-state index in [-0.39, 0.29) is 23.4 Å². The number of hydrogen-bond donors (Lipinski definition) is 0. The van der Waals surface area contributed by atoms with Gasteiger partial charge in [0.2, 0.25) is 0 Å². The van der Waals surface area contributed by atoms with Crippen LogP contribution in [0.25, 0.3) is 0 Å². The van der Waals surface area contributed by atoms with E-state index in [1.807, 2.05) is 0 Å². The van der Waals surface area contributed by atoms with Crippen LogP contribution in [0.5, 0.6) is 0 Å². The molecule has 34 heavy (non-hydrogen) atoms. The summed E-state index contributed by atoms with van der Waals surface area (Å²) in [5.74, 6) is 4.96. The fourth-order valence-electron chi connectivity index (χ4n) is 9.53. The van der Waals surface area contributed by atoms with Crippen molar-refractivity contribution in [2.75, 3.05) is 0 Å². The topological polar surface area (TPSA) is 43.4 Å². The maximum absolute atomic E-state index is 13.6. The molecule has 0 bridgehead atoms. The Kier molecular flexibility index (Phi) is 7.43. The van der Waals surface area contributed by atoms with Crippen LogP contribution in [0.4, 0.5) is 0 Å². The van der Waals surface area contributed by atoms with Crippen LogP contribution in [0.2, 0.25) is 0 Å². The SMILES string of the molecule is CC[C@H](/C=C/[C@@H](C)[C@H]1CC[C@H]2[C@@H]3CC(=O)C4C[C@@H](OC(C)=O)CC[C@]4(C)[C@H]3CC[C@]12C)C(C)C. The summed E-state index contributed by atoms with van der Waals surface area (Å²) in [4.78, 5) is 25.1. The number of ether oxygens (including phenoxy) is 1. The van der Waals surface area contributed by atoms with Crippen LogP contribution in [0.3, 0.4) is 0 Å². The molecule has 0 radical (unpaired) electrons. The van der Waals surface area contributed by atoms with Crippen LogP contribution in [-0.2, 0) is 14.3 Å². The minimum Gasteiger partial charge on any atom is -0.463 e. The molecule has 0 N–H and O–H groups in total. The summed E-state index contributed by atoms with van der Waals surface area (Å²) in [6.45, 7) is 15.9. The van der Waals surface area contributed by atoms with Crippen LogP contribution in [0, 0.1) is 58.2 Å². The third-order valence-electron chi connectivity index (χ3n) is 11.4. The minimum absolute atomic E-state index is 0.0637. The number of fused-ring (bicyclic) bond motifs is 5. The monoisotopic (exact) mass is 470 g/mol. The van der Waals surface area contributed by atoms with Gasteiger partial charge in [-0.15, -0.1) is 0 Å². The first-order chi connectivity index (χ1) is 16.0. The molecule has 0 spiro atoms. The Morgan fingerprint density at radius 2 is 1.71 bits per heavy atom. The predicted molar refractivity (Wildman–Crippen MR) is 138 cm³/mol. The molecule has 0 aliphatic heterocycles. The summed E-state index contributed by atoms with van der Waals surface area (Å²) in [5, 5.41) is 0. The highest BCUT2D eigenvalue weighted by atomic mass is 16.5. The van der Waals surface area contributed by atoms with Gasteiger partial charge in [-0.3, -0.25) is 9.59 Å². The zero-order chi connectivity index (χ0) is 24.8. The zero-order valence-electron chi connectivity index (χ0n) is 22.9. The summed E-state index contributed by atoms with van der Waals surface area (Å²) in [7, 11) is 0. The molecular formula is C31H50O3. The second-order valence-corrected chi connectivity index (χ2v) is 13.4. The van der Waals surface area contributed by atoms with E-state index in [1.165, 1.54) is 39.0 Å². The van der Waals surface area contributed by atoms with Gasteiger partial charge in [0.15, 0.2) is 0 Å². The van der Waals surface area contributed by atoms with Gasteiger partial charge < -0.3 is 4.74 Å². The molecule has 3 heteroatoms. The Bertz CT molecular complexity index is 798. The molecule has 0 saturated heterocycles. The van der Waals surface area contributed by atoms with E-state index in [4.69, 9.17) is 4.74 Å². The van der Waals surface area contributed by atoms with Crippen LogP contribution >= 0.6 is 0 Å². The molecular weight excluding hydrogens is 420 g/mol. The fraction of sp³-hybridized carbons (Fsp3) is 0.871. The number of ketones is 1. The third kappa shape index (κ3) is 4.43. The number of Topliss-reactive ketones (excluding diaryl/α,β-unsaturated/α-hetero) is 1. The molecule has 0 aromatic heterocycles. The van der Waals surface area contributed by atoms with Crippen molar-refractivity contribution in [3.63, 3.8) is 0 Å². The van der Waals surface area contributed by atoms with Crippen LogP contribution < -0.4 is 0 Å². The second kappa shape index (κ2) is 9.74. The highest BCUT2D eigenvalue weighted by molar-refractivity contribution is 5.83. The first kappa shape index (κ1) is 26.0. The number of carbonyl (C=O) groups excluding carboxylic acids is 2. The molecule has 1 unspecified atom stereocenters. The quantitative estimate of drug-likeness (QED) is 0.296. The van der Waals surface area contributed by atoms with Gasteiger partial charge in [0.1, 0.15) is 11.9 Å². The van der Waals surface area contributed by atoms with Crippen molar-refractivity contribution in [2.45, 2.75) is 112 Å². The number of esters is 1. The van der Waals surface area contributed by atoms with E-state index < -0.39 is 0 Å². The van der Waals surface area contributed by atoms with Crippen LogP contribution in [-0.4, -0.2) is 17.9 Å². The first-order valence-electron chi connectivity index (χ1n) is 14.4. The van der Waals surface area contributed by atoms with E-state index >= 15 is 0 Å². The molecule has 0 heterocycles. The highest BCUT2D eigenvalue weighted by Gasteiger charge is 2.62. The Morgan fingerprint density at radius 1 is 1.03 bits per heavy atom. The van der Waals surface area contributed by atoms with E-state index in [0.29, 0.717) is 46.7 Å². The van der Waals surface area contributed by atoms with Crippen molar-refractivity contribution in [3.8, 4) is 0 Å². The molecule has 0 aromatic rings. The number of hydrogen-bond acceptors (Lipinski definition) is 3. The number of allylic oxidation sites excluding steroid dienone is 2. The van der Waals surface area contributed by atoms with Crippen LogP contribution in [0.15, 0.2) is 12.2 Å². The second-order valence-electron chi connectivity index (χ2n) is 13.4. The highest BCUT2D eigenvalue weighted by Crippen LogP contribution is 2.67. The van der Waals surface area contributed by atoms with Gasteiger partial charge in [0.25, 0.3) is 0 Å². The molecule has 192 valence electrons. The van der Waals surface area contributed by atoms with Crippen LogP contribution in [0.1, 0.15) is 106 Å². The normalized spacial score (nSPS) is 43.8. The van der Waals surface area contributed by atoms with Crippen molar-refractivity contribution in [1.82, 2.24) is 0 Å². The first-order valence-corrected chi connectivity index (χ1v) is 14.4. The average molecular weight is 471 g/mol. The summed E-state index contributed by atoms with van der Waals surface area (Å²) >= 11 is 0. The van der Waals surface area contributed by atoms with E-state index in [2.05, 4.69) is 53.7 Å². The number of rotatable bonds is 6. The van der Waals surface area contributed by atoms with Gasteiger partial charge in [-0.1, -0.05) is 53.7 Å². The lowest BCUT2D eigenvalue weighted by molar-refractivity contribution is -0.169. The minimum atomic E-state index is -0.206. The maximum Gasteiger partial charge on any atom is 0.302 e. The van der Waals surface area contributed by atoms with Gasteiger partial charge in [0, 0.05) is 19.3 Å². The Hall–Kier alpha value is -1.12. The van der Waals surface area contributed by atoms with Crippen molar-refractivity contribution in [1.29, 1.82) is 0 Å². The molecule has 3 nitrogen and oxygen atoms in total. The van der Waals surface area contributed by atoms with Crippen molar-refractivity contribution in [3.05, 3.63) is 12.2 Å². The Morgan fingerprint density at radius 3 is 2.35 bits per heavy atom. The van der Waals surface area contributed by atoms with E-state index in [9.17, 15) is 9.59 Å². The van der Waals surface area contributed by atoms with E-state index in [1.54, 1.807) is 0 Å². The average Bonchev–Trinajstić information content (AvgIpc) is 3.12. The lowest BCUT2D eigenvalue weighted by Crippen LogP contribution is -2.57. The largest absolute Gasteiger partial charge is 0.463 e. The van der Waals surface area contributed by atoms with Crippen molar-refractivity contribution in [2.24, 2.45) is 58.2 Å². The molecule has 0 amide bonds. The zero-order valence-corrected chi connectivity index (χ0v) is 22.9. The third-order valence-corrected chi connectivity index (χ3v) is 11.4. The van der Waals surface area contributed by atoms with Gasteiger partial charge in [0.05, 0.1) is 0 Å². The summed E-state index contributed by atoms with van der Waals surface area (Å²) < 4.78 is 5.56. The van der Waals surface area contributed by atoms with E-state index in [0.717, 1.165) is 31.6 Å². The molecule has 4 aliphatic rings. The summed E-state index contributed by atoms with van der Waals surface area (Å²) in [5.41, 5.74) is 0.454.